The lowest BCUT2D eigenvalue weighted by Gasteiger charge is -2.52. The van der Waals surface area contributed by atoms with Crippen molar-refractivity contribution >= 4 is 24.2 Å². The third kappa shape index (κ3) is 12.1. The quantitative estimate of drug-likeness (QED) is 0.143. The summed E-state index contributed by atoms with van der Waals surface area (Å²) in [5.74, 6) is 2.45. The average Bonchev–Trinajstić information content (AvgIpc) is 3.44. The highest BCUT2D eigenvalue weighted by molar-refractivity contribution is 6.89. The molecule has 0 saturated heterocycles. The molecule has 10 rings (SSSR count). The van der Waals surface area contributed by atoms with Crippen molar-refractivity contribution in [2.75, 3.05) is 0 Å². The average molecular weight is 992 g/mol. The summed E-state index contributed by atoms with van der Waals surface area (Å²) in [6.07, 6.45) is 84.7. The molecule has 0 unspecified atom stereocenters. The van der Waals surface area contributed by atoms with Crippen LogP contribution in [0.15, 0.2) is 35.3 Å². The zero-order valence-corrected chi connectivity index (χ0v) is 48.8. The highest BCUT2D eigenvalue weighted by Gasteiger charge is 2.54. The molecule has 0 bridgehead atoms. The van der Waals surface area contributed by atoms with Crippen molar-refractivity contribution in [3.63, 3.8) is 0 Å². The van der Waals surface area contributed by atoms with Gasteiger partial charge < -0.3 is 0 Å². The van der Waals surface area contributed by atoms with Crippen LogP contribution in [0.2, 0.25) is 49.9 Å². The molecule has 10 saturated carbocycles. The van der Waals surface area contributed by atoms with Gasteiger partial charge in [-0.15, -0.1) is 0 Å². The topological polar surface area (TPSA) is 0 Å². The van der Waals surface area contributed by atoms with Crippen LogP contribution in [-0.2, 0) is 0 Å². The van der Waals surface area contributed by atoms with Crippen molar-refractivity contribution in [3.05, 3.63) is 35.3 Å². The predicted molar refractivity (Wildman–Crippen MR) is 311 cm³/mol. The maximum Gasteiger partial charge on any atom is 0.0866 e. The Morgan fingerprint density at radius 1 is 0.174 bits per heavy atom. The van der Waals surface area contributed by atoms with Gasteiger partial charge in [-0.25, -0.2) is 0 Å². The fourth-order valence-corrected chi connectivity index (χ4v) is 44.4. The van der Waals surface area contributed by atoms with E-state index in [-0.39, 0.29) is 0 Å². The van der Waals surface area contributed by atoms with Crippen LogP contribution < -0.4 is 0 Å². The molecule has 0 heterocycles. The number of allylic oxidation sites excluding steroid dienone is 3. The Morgan fingerprint density at radius 2 is 0.304 bits per heavy atom. The van der Waals surface area contributed by atoms with E-state index in [1.807, 2.05) is 0 Å². The molecular weight excluding hydrogens is 877 g/mol. The van der Waals surface area contributed by atoms with E-state index < -0.39 is 24.2 Å². The minimum Gasteiger partial charge on any atom is -0.0971 e. The van der Waals surface area contributed by atoms with E-state index in [1.54, 1.807) is 231 Å². The zero-order chi connectivity index (χ0) is 46.6. The van der Waals surface area contributed by atoms with E-state index in [9.17, 15) is 0 Å². The molecule has 0 aromatic carbocycles. The Labute approximate surface area is 432 Å². The standard InChI is InChI=1S/C66H114Si3/c1-10-28-58(29-11-1)67(59-30-12-2-13-31-59,60-32-14-3-15-33-60)49-46-55-52-56(47-50-68(61-34-16-4-17-35-61,62-36-18-5-19-37-62)63-38-20-6-21-39-63)54-57(53-55)48-51-69(64-40-22-7-23-41-64,65-42-24-8-25-43-65)66-44-26-9-27-45-66/h46-51,55-66H,1-45,52-54H2. The van der Waals surface area contributed by atoms with Crippen LogP contribution in [0.1, 0.15) is 308 Å². The van der Waals surface area contributed by atoms with E-state index in [4.69, 9.17) is 0 Å². The molecule has 390 valence electrons. The van der Waals surface area contributed by atoms with Gasteiger partial charge in [-0.1, -0.05) is 324 Å². The van der Waals surface area contributed by atoms with Crippen LogP contribution in [0.4, 0.5) is 0 Å². The molecule has 0 nitrogen and oxygen atoms in total. The Hall–Kier alpha value is -0.129. The molecule has 0 radical (unpaired) electrons. The highest BCUT2D eigenvalue weighted by atomic mass is 28.3. The normalized spacial score (nSPS) is 31.9. The Balaban J connectivity index is 1.04. The monoisotopic (exact) mass is 991 g/mol. The molecule has 0 aromatic rings. The predicted octanol–water partition coefficient (Wildman–Crippen LogP) is 22.7. The molecule has 0 spiro atoms. The lowest BCUT2D eigenvalue weighted by Crippen LogP contribution is -2.50. The number of hydrogen-bond acceptors (Lipinski definition) is 0. The van der Waals surface area contributed by atoms with E-state index >= 15 is 0 Å². The van der Waals surface area contributed by atoms with Crippen molar-refractivity contribution in [3.8, 4) is 0 Å². The van der Waals surface area contributed by atoms with Crippen molar-refractivity contribution in [1.29, 1.82) is 0 Å². The molecular formula is C66H114Si3. The Morgan fingerprint density at radius 3 is 0.435 bits per heavy atom. The smallest absolute Gasteiger partial charge is 0.0866 e. The van der Waals surface area contributed by atoms with Crippen LogP contribution in [0.5, 0.6) is 0 Å². The molecule has 10 aliphatic carbocycles. The highest BCUT2D eigenvalue weighted by Crippen LogP contribution is 2.61. The minimum atomic E-state index is -1.66. The Bertz CT molecular complexity index is 1230. The first kappa shape index (κ1) is 52.3. The summed E-state index contributed by atoms with van der Waals surface area (Å²) in [7, 11) is -4.97. The largest absolute Gasteiger partial charge is 0.0971 e. The lowest BCUT2D eigenvalue weighted by atomic mass is 9.75. The molecule has 10 aliphatic rings. The van der Waals surface area contributed by atoms with Gasteiger partial charge in [0.1, 0.15) is 0 Å². The Kier molecular flexibility index (Phi) is 19.8. The van der Waals surface area contributed by atoms with Gasteiger partial charge in [-0.2, -0.15) is 0 Å². The van der Waals surface area contributed by atoms with Gasteiger partial charge in [0, 0.05) is 0 Å². The van der Waals surface area contributed by atoms with Crippen molar-refractivity contribution in [2.24, 2.45) is 17.8 Å². The molecule has 0 atom stereocenters. The van der Waals surface area contributed by atoms with Crippen LogP contribution in [-0.4, -0.2) is 24.2 Å². The van der Waals surface area contributed by atoms with Gasteiger partial charge in [0.15, 0.2) is 0 Å². The van der Waals surface area contributed by atoms with Crippen molar-refractivity contribution in [1.82, 2.24) is 0 Å². The summed E-state index contributed by atoms with van der Waals surface area (Å²) in [4.78, 5) is 0. The van der Waals surface area contributed by atoms with Gasteiger partial charge >= 0.3 is 0 Å². The molecule has 10 fully saturated rings. The van der Waals surface area contributed by atoms with Crippen molar-refractivity contribution < 1.29 is 0 Å². The van der Waals surface area contributed by atoms with E-state index in [2.05, 4.69) is 35.3 Å². The van der Waals surface area contributed by atoms with Crippen LogP contribution in [0, 0.1) is 17.8 Å². The van der Waals surface area contributed by atoms with Gasteiger partial charge in [0.25, 0.3) is 0 Å². The summed E-state index contributed by atoms with van der Waals surface area (Å²) < 4.78 is 0. The second kappa shape index (κ2) is 26.1. The lowest BCUT2D eigenvalue weighted by molar-refractivity contribution is 0.295. The molecule has 0 amide bonds. The summed E-state index contributed by atoms with van der Waals surface area (Å²) in [5, 5.41) is 0. The van der Waals surface area contributed by atoms with E-state index in [0.717, 1.165) is 67.6 Å². The molecule has 0 aliphatic heterocycles. The maximum absolute atomic E-state index is 3.32. The molecule has 3 heteroatoms. The first-order valence-electron chi connectivity index (χ1n) is 33.3. The second-order valence-electron chi connectivity index (χ2n) is 28.1. The summed E-state index contributed by atoms with van der Waals surface area (Å²) >= 11 is 0. The first-order valence-corrected chi connectivity index (χ1v) is 40.2. The molecule has 0 N–H and O–H groups in total. The van der Waals surface area contributed by atoms with Gasteiger partial charge in [0.2, 0.25) is 0 Å². The van der Waals surface area contributed by atoms with Crippen molar-refractivity contribution in [2.45, 2.75) is 358 Å². The van der Waals surface area contributed by atoms with Crippen LogP contribution >= 0.6 is 0 Å². The molecule has 0 aromatic heterocycles. The fourth-order valence-electron chi connectivity index (χ4n) is 21.5. The third-order valence-electron chi connectivity index (χ3n) is 24.6. The minimum absolute atomic E-state index is 0.816. The summed E-state index contributed by atoms with van der Waals surface area (Å²) in [6, 6.07) is 0. The first-order chi connectivity index (χ1) is 34.2. The van der Waals surface area contributed by atoms with Crippen LogP contribution in [0.3, 0.4) is 0 Å². The maximum atomic E-state index is 3.32. The number of rotatable bonds is 15. The number of hydrogen-bond donors (Lipinski definition) is 0. The van der Waals surface area contributed by atoms with Crippen LogP contribution in [0.25, 0.3) is 0 Å². The summed E-state index contributed by atoms with van der Waals surface area (Å²) in [5.41, 5.74) is 19.9. The fraction of sp³-hybridized carbons (Fsp3) is 0.909. The van der Waals surface area contributed by atoms with E-state index in [0.29, 0.717) is 0 Å². The second-order valence-corrected chi connectivity index (χ2v) is 42.4. The van der Waals surface area contributed by atoms with Gasteiger partial charge in [0.05, 0.1) is 24.2 Å². The van der Waals surface area contributed by atoms with Gasteiger partial charge in [-0.3, -0.25) is 0 Å². The SMILES string of the molecule is C(=C[Si](C1CCCCC1)(C1CCCCC1)C1CCCCC1)C1CC(C=C[Si](C2CCCCC2)(C2CCCCC2)C2CCCCC2)CC(C=C[Si](C2CCCCC2)(C2CCCCC2)C2CCCCC2)C1. The zero-order valence-electron chi connectivity index (χ0n) is 45.8. The molecule has 69 heavy (non-hydrogen) atoms. The van der Waals surface area contributed by atoms with E-state index in [1.165, 1.54) is 77.0 Å². The van der Waals surface area contributed by atoms with Gasteiger partial charge in [-0.05, 0) is 86.9 Å². The third-order valence-corrected chi connectivity index (χ3v) is 44.8. The summed E-state index contributed by atoms with van der Waals surface area (Å²) in [6.45, 7) is 0.